The number of aryl methyl sites for hydroxylation is 1. The minimum absolute atomic E-state index is 0.161. The molecule has 1 amide bonds. The Morgan fingerprint density at radius 1 is 1.29 bits per heavy atom. The van der Waals surface area contributed by atoms with Gasteiger partial charge in [-0.25, -0.2) is 9.78 Å². The van der Waals surface area contributed by atoms with Gasteiger partial charge < -0.3 is 14.5 Å². The molecule has 0 fully saturated rings. The van der Waals surface area contributed by atoms with Crippen LogP contribution in [0.1, 0.15) is 16.1 Å². The number of hydrogen-bond donors (Lipinski definition) is 1. The number of nitrogens with one attached hydrogen (secondary N) is 1. The van der Waals surface area contributed by atoms with E-state index >= 15 is 0 Å². The minimum atomic E-state index is -0.638. The molecule has 2 aromatic heterocycles. The number of ether oxygens (including phenoxy) is 1. The number of esters is 1. The molecule has 0 spiro atoms. The van der Waals surface area contributed by atoms with E-state index in [0.717, 1.165) is 10.0 Å². The van der Waals surface area contributed by atoms with E-state index in [1.54, 1.807) is 28.9 Å². The van der Waals surface area contributed by atoms with Gasteiger partial charge in [-0.2, -0.15) is 0 Å². The summed E-state index contributed by atoms with van der Waals surface area (Å²) in [5, 5.41) is 2.68. The number of pyridine rings is 1. The fourth-order valence-corrected chi connectivity index (χ4v) is 2.40. The standard InChI is InChI=1S/C17H14BrN3O3/c1-11-8-12(5-6-13(11)18)19-16(22)10-24-17(23)14-9-21-7-3-2-4-15(21)20-14/h2-9H,10H2,1H3,(H,19,22). The number of benzene rings is 1. The van der Waals surface area contributed by atoms with Crippen molar-refractivity contribution in [1.82, 2.24) is 9.38 Å². The lowest BCUT2D eigenvalue weighted by molar-refractivity contribution is -0.119. The Kier molecular flexibility index (Phi) is 4.61. The van der Waals surface area contributed by atoms with Gasteiger partial charge in [-0.05, 0) is 42.8 Å². The molecule has 0 saturated heterocycles. The molecule has 6 nitrogen and oxygen atoms in total. The quantitative estimate of drug-likeness (QED) is 0.697. The molecule has 1 N–H and O–H groups in total. The molecule has 0 atom stereocenters. The monoisotopic (exact) mass is 387 g/mol. The van der Waals surface area contributed by atoms with Crippen molar-refractivity contribution in [2.24, 2.45) is 0 Å². The third-order valence-electron chi connectivity index (χ3n) is 3.35. The molecule has 0 aliphatic heterocycles. The van der Waals surface area contributed by atoms with Crippen LogP contribution in [-0.4, -0.2) is 27.9 Å². The van der Waals surface area contributed by atoms with Crippen molar-refractivity contribution < 1.29 is 14.3 Å². The first-order valence-corrected chi connectivity index (χ1v) is 7.99. The Morgan fingerprint density at radius 3 is 2.88 bits per heavy atom. The van der Waals surface area contributed by atoms with E-state index in [1.807, 2.05) is 31.2 Å². The van der Waals surface area contributed by atoms with Crippen LogP contribution in [0.15, 0.2) is 53.3 Å². The van der Waals surface area contributed by atoms with Crippen LogP contribution in [0, 0.1) is 6.92 Å². The minimum Gasteiger partial charge on any atom is -0.451 e. The van der Waals surface area contributed by atoms with E-state index < -0.39 is 11.9 Å². The molecule has 3 aromatic rings. The molecule has 0 aliphatic rings. The number of carbonyl (C=O) groups is 2. The number of imidazole rings is 1. The number of rotatable bonds is 4. The molecule has 2 heterocycles. The van der Waals surface area contributed by atoms with Gasteiger partial charge in [0.15, 0.2) is 12.3 Å². The second-order valence-electron chi connectivity index (χ2n) is 5.18. The van der Waals surface area contributed by atoms with Crippen LogP contribution in [0.4, 0.5) is 5.69 Å². The van der Waals surface area contributed by atoms with Crippen molar-refractivity contribution >= 4 is 39.1 Å². The van der Waals surface area contributed by atoms with Crippen molar-refractivity contribution in [3.8, 4) is 0 Å². The first-order chi connectivity index (χ1) is 11.5. The van der Waals surface area contributed by atoms with E-state index in [9.17, 15) is 9.59 Å². The van der Waals surface area contributed by atoms with Crippen LogP contribution in [0.3, 0.4) is 0 Å². The van der Waals surface area contributed by atoms with E-state index in [4.69, 9.17) is 4.74 Å². The molecule has 0 bridgehead atoms. The van der Waals surface area contributed by atoms with Crippen molar-refractivity contribution in [2.45, 2.75) is 6.92 Å². The molecule has 0 unspecified atom stereocenters. The van der Waals surface area contributed by atoms with Gasteiger partial charge in [0.2, 0.25) is 0 Å². The fourth-order valence-electron chi connectivity index (χ4n) is 2.16. The lowest BCUT2D eigenvalue weighted by Gasteiger charge is -2.07. The molecule has 1 aromatic carbocycles. The Bertz CT molecular complexity index is 887. The Balaban J connectivity index is 1.59. The van der Waals surface area contributed by atoms with Crippen LogP contribution >= 0.6 is 15.9 Å². The zero-order valence-electron chi connectivity index (χ0n) is 12.8. The Labute approximate surface area is 146 Å². The lowest BCUT2D eigenvalue weighted by Crippen LogP contribution is -2.21. The van der Waals surface area contributed by atoms with Gasteiger partial charge in [-0.1, -0.05) is 22.0 Å². The summed E-state index contributed by atoms with van der Waals surface area (Å²) < 4.78 is 7.68. The van der Waals surface area contributed by atoms with Crippen LogP contribution in [0.5, 0.6) is 0 Å². The summed E-state index contributed by atoms with van der Waals surface area (Å²) in [6.07, 6.45) is 3.34. The average Bonchev–Trinajstić information content (AvgIpc) is 3.00. The third kappa shape index (κ3) is 3.62. The summed E-state index contributed by atoms with van der Waals surface area (Å²) >= 11 is 3.39. The summed E-state index contributed by atoms with van der Waals surface area (Å²) in [6, 6.07) is 10.9. The summed E-state index contributed by atoms with van der Waals surface area (Å²) in [5.41, 5.74) is 2.44. The summed E-state index contributed by atoms with van der Waals surface area (Å²) in [6.45, 7) is 1.55. The number of halogens is 1. The number of hydrogen-bond acceptors (Lipinski definition) is 4. The predicted octanol–water partition coefficient (Wildman–Crippen LogP) is 3.20. The topological polar surface area (TPSA) is 72.7 Å². The predicted molar refractivity (Wildman–Crippen MR) is 93.0 cm³/mol. The second kappa shape index (κ2) is 6.84. The molecule has 0 aliphatic carbocycles. The van der Waals surface area contributed by atoms with Crippen LogP contribution in [-0.2, 0) is 9.53 Å². The zero-order chi connectivity index (χ0) is 17.1. The second-order valence-corrected chi connectivity index (χ2v) is 6.03. The molecular weight excluding hydrogens is 374 g/mol. The number of aromatic nitrogens is 2. The summed E-state index contributed by atoms with van der Waals surface area (Å²) in [4.78, 5) is 28.0. The van der Waals surface area contributed by atoms with Crippen molar-refractivity contribution in [1.29, 1.82) is 0 Å². The molecule has 122 valence electrons. The number of nitrogens with zero attached hydrogens (tertiary/aromatic N) is 2. The maximum atomic E-state index is 12.0. The number of fused-ring (bicyclic) bond motifs is 1. The maximum absolute atomic E-state index is 12.0. The SMILES string of the molecule is Cc1cc(NC(=O)COC(=O)c2cn3ccccc3n2)ccc1Br. The molecule has 7 heteroatoms. The highest BCUT2D eigenvalue weighted by Crippen LogP contribution is 2.19. The van der Waals surface area contributed by atoms with Crippen molar-refractivity contribution in [3.63, 3.8) is 0 Å². The van der Waals surface area contributed by atoms with Gasteiger partial charge >= 0.3 is 5.97 Å². The van der Waals surface area contributed by atoms with Gasteiger partial charge in [-0.15, -0.1) is 0 Å². The van der Waals surface area contributed by atoms with E-state index in [0.29, 0.717) is 11.3 Å². The van der Waals surface area contributed by atoms with E-state index in [1.165, 1.54) is 0 Å². The smallest absolute Gasteiger partial charge is 0.359 e. The fraction of sp³-hybridized carbons (Fsp3) is 0.118. The normalized spacial score (nSPS) is 10.6. The number of anilines is 1. The molecule has 0 radical (unpaired) electrons. The number of amides is 1. The lowest BCUT2D eigenvalue weighted by atomic mass is 10.2. The third-order valence-corrected chi connectivity index (χ3v) is 4.24. The van der Waals surface area contributed by atoms with Gasteiger partial charge in [0.25, 0.3) is 5.91 Å². The molecule has 0 saturated carbocycles. The Morgan fingerprint density at radius 2 is 2.12 bits per heavy atom. The van der Waals surface area contributed by atoms with Crippen LogP contribution < -0.4 is 5.32 Å². The highest BCUT2D eigenvalue weighted by Gasteiger charge is 2.14. The first kappa shape index (κ1) is 16.2. The van der Waals surface area contributed by atoms with Gasteiger partial charge in [0.05, 0.1) is 0 Å². The summed E-state index contributed by atoms with van der Waals surface area (Å²) in [5.74, 6) is -1.05. The highest BCUT2D eigenvalue weighted by atomic mass is 79.9. The maximum Gasteiger partial charge on any atom is 0.359 e. The Hall–Kier alpha value is -2.67. The molecular formula is C17H14BrN3O3. The molecule has 3 rings (SSSR count). The van der Waals surface area contributed by atoms with E-state index in [2.05, 4.69) is 26.2 Å². The average molecular weight is 388 g/mol. The van der Waals surface area contributed by atoms with Gasteiger partial charge in [0.1, 0.15) is 5.65 Å². The molecule has 24 heavy (non-hydrogen) atoms. The van der Waals surface area contributed by atoms with Crippen LogP contribution in [0.2, 0.25) is 0 Å². The highest BCUT2D eigenvalue weighted by molar-refractivity contribution is 9.10. The van der Waals surface area contributed by atoms with E-state index in [-0.39, 0.29) is 12.3 Å². The van der Waals surface area contributed by atoms with Crippen molar-refractivity contribution in [3.05, 3.63) is 64.5 Å². The zero-order valence-corrected chi connectivity index (χ0v) is 14.4. The first-order valence-electron chi connectivity index (χ1n) is 7.20. The summed E-state index contributed by atoms with van der Waals surface area (Å²) in [7, 11) is 0. The van der Waals surface area contributed by atoms with Crippen LogP contribution in [0.25, 0.3) is 5.65 Å². The van der Waals surface area contributed by atoms with Crippen molar-refractivity contribution in [2.75, 3.05) is 11.9 Å². The largest absolute Gasteiger partial charge is 0.451 e. The van der Waals surface area contributed by atoms with Gasteiger partial charge in [-0.3, -0.25) is 4.79 Å². The van der Waals surface area contributed by atoms with Gasteiger partial charge in [0, 0.05) is 22.6 Å². The number of carbonyl (C=O) groups excluding carboxylic acids is 2.